The minimum absolute atomic E-state index is 0.137. The lowest BCUT2D eigenvalue weighted by Crippen LogP contribution is -2.57. The lowest BCUT2D eigenvalue weighted by Gasteiger charge is -2.37. The third-order valence-electron chi connectivity index (χ3n) is 3.89. The van der Waals surface area contributed by atoms with E-state index in [9.17, 15) is 14.4 Å². The Bertz CT molecular complexity index is 418. The van der Waals surface area contributed by atoms with Crippen LogP contribution in [0.2, 0.25) is 0 Å². The first kappa shape index (κ1) is 14.7. The van der Waals surface area contributed by atoms with Gasteiger partial charge in [0.05, 0.1) is 6.04 Å². The number of carbonyl (C=O) groups excluding carboxylic acids is 3. The minimum atomic E-state index is -0.857. The Morgan fingerprint density at radius 2 is 2.10 bits per heavy atom. The van der Waals surface area contributed by atoms with Crippen molar-refractivity contribution in [3.63, 3.8) is 0 Å². The van der Waals surface area contributed by atoms with E-state index in [0.29, 0.717) is 39.0 Å². The van der Waals surface area contributed by atoms with Crippen LogP contribution in [0.1, 0.15) is 19.3 Å². The Morgan fingerprint density at radius 1 is 1.45 bits per heavy atom. The van der Waals surface area contributed by atoms with Gasteiger partial charge in [-0.15, -0.1) is 0 Å². The molecule has 2 aliphatic heterocycles. The lowest BCUT2D eigenvalue weighted by molar-refractivity contribution is -0.137. The standard InChI is InChI=1S/C12H20N4O4/c1-20-7-2-8(13)9(17)16-5-3-12(4-6-16)10(18)14-11(19)15-12/h8H,2-7,13H2,1H3,(H2,14,15,18,19). The number of rotatable bonds is 4. The molecule has 2 saturated heterocycles. The molecule has 2 rings (SSSR count). The molecule has 1 spiro atoms. The number of ether oxygens (including phenoxy) is 1. The Morgan fingerprint density at radius 3 is 2.60 bits per heavy atom. The van der Waals surface area contributed by atoms with Gasteiger partial charge >= 0.3 is 6.03 Å². The van der Waals surface area contributed by atoms with Gasteiger partial charge in [0.15, 0.2) is 0 Å². The summed E-state index contributed by atoms with van der Waals surface area (Å²) < 4.78 is 4.90. The fourth-order valence-electron chi connectivity index (χ4n) is 2.59. The fourth-order valence-corrected chi connectivity index (χ4v) is 2.59. The van der Waals surface area contributed by atoms with Gasteiger partial charge in [-0.1, -0.05) is 0 Å². The zero-order chi connectivity index (χ0) is 14.8. The second kappa shape index (κ2) is 5.76. The maximum absolute atomic E-state index is 12.1. The van der Waals surface area contributed by atoms with Gasteiger partial charge in [-0.25, -0.2) is 4.79 Å². The number of nitrogens with zero attached hydrogens (tertiary/aromatic N) is 1. The number of hydrogen-bond acceptors (Lipinski definition) is 5. The van der Waals surface area contributed by atoms with Gasteiger partial charge in [0, 0.05) is 26.8 Å². The van der Waals surface area contributed by atoms with Crippen molar-refractivity contribution in [1.82, 2.24) is 15.5 Å². The van der Waals surface area contributed by atoms with Crippen LogP contribution in [-0.4, -0.2) is 61.1 Å². The van der Waals surface area contributed by atoms with Gasteiger partial charge in [0.2, 0.25) is 5.91 Å². The minimum Gasteiger partial charge on any atom is -0.385 e. The molecule has 0 bridgehead atoms. The number of amides is 4. The van der Waals surface area contributed by atoms with E-state index < -0.39 is 17.6 Å². The predicted octanol–water partition coefficient (Wildman–Crippen LogP) is -1.45. The molecule has 2 fully saturated rings. The molecule has 1 unspecified atom stereocenters. The van der Waals surface area contributed by atoms with Gasteiger partial charge in [0.25, 0.3) is 5.91 Å². The third-order valence-corrected chi connectivity index (χ3v) is 3.89. The lowest BCUT2D eigenvalue weighted by atomic mass is 9.87. The van der Waals surface area contributed by atoms with Crippen LogP contribution in [0.15, 0.2) is 0 Å². The van der Waals surface area contributed by atoms with Crippen molar-refractivity contribution in [2.75, 3.05) is 26.8 Å². The first-order chi connectivity index (χ1) is 9.48. The smallest absolute Gasteiger partial charge is 0.322 e. The quantitative estimate of drug-likeness (QED) is 0.547. The summed E-state index contributed by atoms with van der Waals surface area (Å²) >= 11 is 0. The molecule has 4 N–H and O–H groups in total. The SMILES string of the molecule is COCCC(N)C(=O)N1CCC2(CC1)NC(=O)NC2=O. The molecule has 2 heterocycles. The van der Waals surface area contributed by atoms with Crippen molar-refractivity contribution >= 4 is 17.8 Å². The monoisotopic (exact) mass is 284 g/mol. The molecule has 0 aromatic heterocycles. The zero-order valence-electron chi connectivity index (χ0n) is 11.5. The largest absolute Gasteiger partial charge is 0.385 e. The summed E-state index contributed by atoms with van der Waals surface area (Å²) in [6.07, 6.45) is 1.29. The number of piperidine rings is 1. The molecule has 0 aromatic rings. The Hall–Kier alpha value is -1.67. The first-order valence-electron chi connectivity index (χ1n) is 6.65. The molecule has 0 radical (unpaired) electrons. The highest BCUT2D eigenvalue weighted by Crippen LogP contribution is 2.25. The van der Waals surface area contributed by atoms with E-state index in [-0.39, 0.29) is 11.8 Å². The van der Waals surface area contributed by atoms with Crippen molar-refractivity contribution in [3.8, 4) is 0 Å². The van der Waals surface area contributed by atoms with E-state index in [1.807, 2.05) is 0 Å². The van der Waals surface area contributed by atoms with Gasteiger partial charge in [-0.2, -0.15) is 0 Å². The average Bonchev–Trinajstić information content (AvgIpc) is 2.70. The molecular weight excluding hydrogens is 264 g/mol. The van der Waals surface area contributed by atoms with Crippen LogP contribution in [0.25, 0.3) is 0 Å². The summed E-state index contributed by atoms with van der Waals surface area (Å²) in [6.45, 7) is 1.25. The molecular formula is C12H20N4O4. The van der Waals surface area contributed by atoms with Crippen molar-refractivity contribution in [2.45, 2.75) is 30.8 Å². The van der Waals surface area contributed by atoms with Crippen LogP contribution in [-0.2, 0) is 14.3 Å². The summed E-state index contributed by atoms with van der Waals surface area (Å²) in [6, 6.07) is -1.05. The molecule has 1 atom stereocenters. The highest BCUT2D eigenvalue weighted by atomic mass is 16.5. The van der Waals surface area contributed by atoms with E-state index in [0.717, 1.165) is 0 Å². The fraction of sp³-hybridized carbons (Fsp3) is 0.750. The predicted molar refractivity (Wildman–Crippen MR) is 69.7 cm³/mol. The van der Waals surface area contributed by atoms with Gasteiger partial charge in [-0.05, 0) is 19.3 Å². The Balaban J connectivity index is 1.89. The van der Waals surface area contributed by atoms with E-state index in [1.165, 1.54) is 0 Å². The molecule has 0 saturated carbocycles. The number of nitrogens with one attached hydrogen (secondary N) is 2. The van der Waals surface area contributed by atoms with Crippen LogP contribution in [0, 0.1) is 0 Å². The van der Waals surface area contributed by atoms with Crippen molar-refractivity contribution < 1.29 is 19.1 Å². The number of urea groups is 1. The number of imide groups is 1. The van der Waals surface area contributed by atoms with Crippen LogP contribution in [0.3, 0.4) is 0 Å². The van der Waals surface area contributed by atoms with Crippen LogP contribution in [0.4, 0.5) is 4.79 Å². The number of methoxy groups -OCH3 is 1. The molecule has 8 heteroatoms. The third kappa shape index (κ3) is 2.75. The number of hydrogen-bond donors (Lipinski definition) is 3. The van der Waals surface area contributed by atoms with Crippen LogP contribution >= 0.6 is 0 Å². The van der Waals surface area contributed by atoms with Crippen LogP contribution in [0.5, 0.6) is 0 Å². The number of nitrogens with two attached hydrogens (primary N) is 1. The second-order valence-electron chi connectivity index (χ2n) is 5.20. The maximum atomic E-state index is 12.1. The summed E-state index contributed by atoms with van der Waals surface area (Å²) in [5.41, 5.74) is 4.95. The Kier molecular flexibility index (Phi) is 4.24. The highest BCUT2D eigenvalue weighted by molar-refractivity contribution is 6.07. The van der Waals surface area contributed by atoms with E-state index in [2.05, 4.69) is 10.6 Å². The van der Waals surface area contributed by atoms with Crippen molar-refractivity contribution in [1.29, 1.82) is 0 Å². The average molecular weight is 284 g/mol. The highest BCUT2D eigenvalue weighted by Gasteiger charge is 2.48. The van der Waals surface area contributed by atoms with Crippen molar-refractivity contribution in [3.05, 3.63) is 0 Å². The summed E-state index contributed by atoms with van der Waals surface area (Å²) in [5, 5.41) is 4.89. The molecule has 0 aromatic carbocycles. The van der Waals surface area contributed by atoms with Crippen LogP contribution < -0.4 is 16.4 Å². The van der Waals surface area contributed by atoms with Gasteiger partial charge in [-0.3, -0.25) is 14.9 Å². The summed E-state index contributed by atoms with van der Waals surface area (Å²) in [4.78, 5) is 36.7. The number of carbonyl (C=O) groups is 3. The zero-order valence-corrected chi connectivity index (χ0v) is 11.5. The van der Waals surface area contributed by atoms with E-state index in [4.69, 9.17) is 10.5 Å². The van der Waals surface area contributed by atoms with Crippen molar-refractivity contribution in [2.24, 2.45) is 5.73 Å². The summed E-state index contributed by atoms with van der Waals surface area (Å²) in [7, 11) is 1.56. The molecule has 112 valence electrons. The van der Waals surface area contributed by atoms with Gasteiger partial charge in [0.1, 0.15) is 5.54 Å². The molecule has 20 heavy (non-hydrogen) atoms. The summed E-state index contributed by atoms with van der Waals surface area (Å²) in [5.74, 6) is -0.445. The van der Waals surface area contributed by atoms with E-state index in [1.54, 1.807) is 12.0 Å². The molecule has 2 aliphatic rings. The Labute approximate surface area is 117 Å². The van der Waals surface area contributed by atoms with E-state index >= 15 is 0 Å². The second-order valence-corrected chi connectivity index (χ2v) is 5.20. The maximum Gasteiger partial charge on any atom is 0.322 e. The molecule has 8 nitrogen and oxygen atoms in total. The molecule has 4 amide bonds. The molecule has 0 aliphatic carbocycles. The first-order valence-corrected chi connectivity index (χ1v) is 6.65. The van der Waals surface area contributed by atoms with Gasteiger partial charge < -0.3 is 20.7 Å². The normalized spacial score (nSPS) is 22.6. The topological polar surface area (TPSA) is 114 Å². The number of likely N-dealkylation sites (tertiary alicyclic amines) is 1.